The molecule has 0 N–H and O–H groups in total. The number of hydrogen-bond acceptors (Lipinski definition) is 2. The van der Waals surface area contributed by atoms with Crippen molar-refractivity contribution in [1.82, 2.24) is 14.8 Å². The molecule has 0 fully saturated rings. The highest BCUT2D eigenvalue weighted by Crippen LogP contribution is 2.21. The molecule has 5 heteroatoms. The Hall–Kier alpha value is -1.06. The van der Waals surface area contributed by atoms with E-state index in [4.69, 9.17) is 23.2 Å². The summed E-state index contributed by atoms with van der Waals surface area (Å²) < 4.78 is 1.78. The van der Waals surface area contributed by atoms with E-state index in [2.05, 4.69) is 10.1 Å². The molecule has 0 radical (unpaired) electrons. The van der Waals surface area contributed by atoms with E-state index >= 15 is 0 Å². The van der Waals surface area contributed by atoms with E-state index in [1.807, 2.05) is 32.0 Å². The molecule has 0 atom stereocenters. The molecule has 3 nitrogen and oxygen atoms in total. The molecule has 84 valence electrons. The van der Waals surface area contributed by atoms with Crippen LogP contribution in [-0.4, -0.2) is 14.8 Å². The van der Waals surface area contributed by atoms with Gasteiger partial charge in [-0.3, -0.25) is 0 Å². The Morgan fingerprint density at radius 1 is 1.31 bits per heavy atom. The first kappa shape index (κ1) is 11.4. The predicted molar refractivity (Wildman–Crippen MR) is 65.4 cm³/mol. The van der Waals surface area contributed by atoms with Crippen LogP contribution in [0.2, 0.25) is 5.02 Å². The molecule has 0 bridgehead atoms. The first-order valence-corrected chi connectivity index (χ1v) is 5.78. The van der Waals surface area contributed by atoms with Gasteiger partial charge in [0.1, 0.15) is 11.6 Å². The smallest absolute Gasteiger partial charge is 0.148 e. The molecule has 0 spiro atoms. The van der Waals surface area contributed by atoms with Gasteiger partial charge in [-0.05, 0) is 37.6 Å². The Morgan fingerprint density at radius 3 is 2.62 bits per heavy atom. The topological polar surface area (TPSA) is 30.7 Å². The summed E-state index contributed by atoms with van der Waals surface area (Å²) in [6, 6.07) is 5.57. The molecule has 2 rings (SSSR count). The highest BCUT2D eigenvalue weighted by molar-refractivity contribution is 6.30. The molecule has 0 unspecified atom stereocenters. The summed E-state index contributed by atoms with van der Waals surface area (Å²) in [4.78, 5) is 4.26. The largest absolute Gasteiger partial charge is 0.218 e. The van der Waals surface area contributed by atoms with E-state index in [9.17, 15) is 0 Å². The lowest BCUT2D eigenvalue weighted by Gasteiger charge is -2.08. The maximum atomic E-state index is 5.92. The van der Waals surface area contributed by atoms with Crippen LogP contribution in [0.5, 0.6) is 0 Å². The molecular formula is C11H11Cl2N3. The van der Waals surface area contributed by atoms with Crippen molar-refractivity contribution in [3.05, 3.63) is 40.4 Å². The van der Waals surface area contributed by atoms with E-state index in [1.54, 1.807) is 4.68 Å². The molecule has 16 heavy (non-hydrogen) atoms. The maximum absolute atomic E-state index is 5.92. The van der Waals surface area contributed by atoms with Crippen LogP contribution in [0.3, 0.4) is 0 Å². The summed E-state index contributed by atoms with van der Waals surface area (Å²) in [6.07, 6.45) is 0. The van der Waals surface area contributed by atoms with Crippen molar-refractivity contribution in [1.29, 1.82) is 0 Å². The maximum Gasteiger partial charge on any atom is 0.148 e. The molecule has 0 saturated heterocycles. The second-order valence-corrected chi connectivity index (χ2v) is 4.23. The predicted octanol–water partition coefficient (Wildman–Crippen LogP) is 3.28. The van der Waals surface area contributed by atoms with Crippen molar-refractivity contribution in [3.8, 4) is 5.69 Å². The van der Waals surface area contributed by atoms with Gasteiger partial charge in [0.2, 0.25) is 0 Å². The van der Waals surface area contributed by atoms with Crippen molar-refractivity contribution >= 4 is 23.2 Å². The lowest BCUT2D eigenvalue weighted by atomic mass is 10.2. The van der Waals surface area contributed by atoms with E-state index in [0.29, 0.717) is 10.9 Å². The molecule has 1 heterocycles. The zero-order chi connectivity index (χ0) is 11.7. The highest BCUT2D eigenvalue weighted by Gasteiger charge is 2.09. The minimum atomic E-state index is 0.397. The summed E-state index contributed by atoms with van der Waals surface area (Å²) in [7, 11) is 0. The molecule has 2 aromatic rings. The Kier molecular flexibility index (Phi) is 3.17. The molecule has 1 aromatic heterocycles. The fraction of sp³-hybridized carbons (Fsp3) is 0.273. The monoisotopic (exact) mass is 255 g/mol. The lowest BCUT2D eigenvalue weighted by molar-refractivity contribution is 0.824. The van der Waals surface area contributed by atoms with Crippen molar-refractivity contribution in [2.45, 2.75) is 19.7 Å². The van der Waals surface area contributed by atoms with Gasteiger partial charge in [-0.1, -0.05) is 11.6 Å². The lowest BCUT2D eigenvalue weighted by Crippen LogP contribution is -2.02. The fourth-order valence-electron chi connectivity index (χ4n) is 1.62. The van der Waals surface area contributed by atoms with E-state index in [1.165, 1.54) is 0 Å². The van der Waals surface area contributed by atoms with Crippen LogP contribution in [0, 0.1) is 13.8 Å². The third-order valence-electron chi connectivity index (χ3n) is 2.29. The van der Waals surface area contributed by atoms with Crippen molar-refractivity contribution in [2.75, 3.05) is 0 Å². The van der Waals surface area contributed by atoms with Crippen LogP contribution in [-0.2, 0) is 5.88 Å². The highest BCUT2D eigenvalue weighted by atomic mass is 35.5. The SMILES string of the molecule is Cc1nc(C)n(-c2ccc(Cl)cc2CCl)n1. The second-order valence-electron chi connectivity index (χ2n) is 3.52. The van der Waals surface area contributed by atoms with E-state index in [0.717, 1.165) is 22.9 Å². The van der Waals surface area contributed by atoms with Gasteiger partial charge in [-0.15, -0.1) is 11.6 Å². The zero-order valence-corrected chi connectivity index (χ0v) is 10.5. The van der Waals surface area contributed by atoms with Gasteiger partial charge in [0.15, 0.2) is 0 Å². The molecule has 0 aliphatic rings. The fourth-order valence-corrected chi connectivity index (χ4v) is 2.03. The van der Waals surface area contributed by atoms with Gasteiger partial charge < -0.3 is 0 Å². The minimum absolute atomic E-state index is 0.397. The summed E-state index contributed by atoms with van der Waals surface area (Å²) >= 11 is 11.8. The van der Waals surface area contributed by atoms with Crippen LogP contribution in [0.25, 0.3) is 5.69 Å². The summed E-state index contributed by atoms with van der Waals surface area (Å²) in [5.74, 6) is 1.98. The van der Waals surface area contributed by atoms with E-state index < -0.39 is 0 Å². The van der Waals surface area contributed by atoms with Crippen LogP contribution in [0.1, 0.15) is 17.2 Å². The second kappa shape index (κ2) is 4.44. The Morgan fingerprint density at radius 2 is 2.06 bits per heavy atom. The summed E-state index contributed by atoms with van der Waals surface area (Å²) in [6.45, 7) is 3.77. The Balaban J connectivity index is 2.59. The van der Waals surface area contributed by atoms with Gasteiger partial charge in [0, 0.05) is 10.9 Å². The average Bonchev–Trinajstić information content (AvgIpc) is 2.57. The van der Waals surface area contributed by atoms with Gasteiger partial charge in [-0.25, -0.2) is 9.67 Å². The minimum Gasteiger partial charge on any atom is -0.218 e. The number of hydrogen-bond donors (Lipinski definition) is 0. The van der Waals surface area contributed by atoms with Crippen molar-refractivity contribution in [2.24, 2.45) is 0 Å². The first-order valence-electron chi connectivity index (χ1n) is 4.87. The average molecular weight is 256 g/mol. The van der Waals surface area contributed by atoms with Crippen LogP contribution < -0.4 is 0 Å². The summed E-state index contributed by atoms with van der Waals surface area (Å²) in [5, 5.41) is 5.00. The third-order valence-corrected chi connectivity index (χ3v) is 2.81. The van der Waals surface area contributed by atoms with Crippen molar-refractivity contribution in [3.63, 3.8) is 0 Å². The summed E-state index contributed by atoms with van der Waals surface area (Å²) in [5.41, 5.74) is 1.87. The quantitative estimate of drug-likeness (QED) is 0.772. The standard InChI is InChI=1S/C11H11Cl2N3/c1-7-14-8(2)16(15-7)11-4-3-10(13)5-9(11)6-12/h3-5H,6H2,1-2H3. The third kappa shape index (κ3) is 2.06. The van der Waals surface area contributed by atoms with Crippen LogP contribution in [0.15, 0.2) is 18.2 Å². The van der Waals surface area contributed by atoms with Gasteiger partial charge in [-0.2, -0.15) is 5.10 Å². The van der Waals surface area contributed by atoms with Gasteiger partial charge in [0.25, 0.3) is 0 Å². The van der Waals surface area contributed by atoms with Gasteiger partial charge >= 0.3 is 0 Å². The number of benzene rings is 1. The Labute approximate surface area is 104 Å². The van der Waals surface area contributed by atoms with Crippen LogP contribution >= 0.6 is 23.2 Å². The number of nitrogens with zero attached hydrogens (tertiary/aromatic N) is 3. The van der Waals surface area contributed by atoms with Crippen molar-refractivity contribution < 1.29 is 0 Å². The molecule has 0 amide bonds. The number of aromatic nitrogens is 3. The van der Waals surface area contributed by atoms with E-state index in [-0.39, 0.29) is 0 Å². The molecule has 0 aliphatic carbocycles. The Bertz CT molecular complexity index is 520. The number of alkyl halides is 1. The molecule has 0 aliphatic heterocycles. The molecule has 1 aromatic carbocycles. The zero-order valence-electron chi connectivity index (χ0n) is 9.04. The number of halogens is 2. The van der Waals surface area contributed by atoms with Crippen LogP contribution in [0.4, 0.5) is 0 Å². The normalized spacial score (nSPS) is 10.8. The van der Waals surface area contributed by atoms with Gasteiger partial charge in [0.05, 0.1) is 5.69 Å². The molecule has 0 saturated carbocycles. The number of rotatable bonds is 2. The molecular weight excluding hydrogens is 245 g/mol. The number of aryl methyl sites for hydroxylation is 2. The first-order chi connectivity index (χ1) is 7.61.